The molecule has 0 aliphatic heterocycles. The first-order chi connectivity index (χ1) is 8.59. The molecule has 0 aliphatic rings. The molecule has 0 saturated heterocycles. The second-order valence-electron chi connectivity index (χ2n) is 4.03. The highest BCUT2D eigenvalue weighted by Gasteiger charge is 2.11. The Hall–Kier alpha value is -0.980. The fourth-order valence-corrected chi connectivity index (χ4v) is 2.69. The van der Waals surface area contributed by atoms with Crippen LogP contribution in [0, 0.1) is 0 Å². The van der Waals surface area contributed by atoms with Crippen molar-refractivity contribution < 1.29 is 13.5 Å². The smallest absolute Gasteiger partial charge is 0.211 e. The zero-order valence-electron chi connectivity index (χ0n) is 10.6. The monoisotopic (exact) mass is 272 g/mol. The van der Waals surface area contributed by atoms with Crippen LogP contribution in [0.15, 0.2) is 18.3 Å². The molecule has 0 unspecified atom stereocenters. The number of aromatic nitrogens is 1. The Bertz CT molecular complexity index is 460. The van der Waals surface area contributed by atoms with E-state index in [0.717, 1.165) is 17.7 Å². The first-order valence-corrected chi connectivity index (χ1v) is 7.75. The maximum Gasteiger partial charge on any atom is 0.211 e. The Morgan fingerprint density at radius 1 is 1.39 bits per heavy atom. The summed E-state index contributed by atoms with van der Waals surface area (Å²) in [6, 6.07) is 3.79. The molecule has 0 saturated carbocycles. The van der Waals surface area contributed by atoms with Crippen molar-refractivity contribution >= 4 is 10.0 Å². The molecular weight excluding hydrogens is 252 g/mol. The van der Waals surface area contributed by atoms with Gasteiger partial charge in [0.2, 0.25) is 10.0 Å². The summed E-state index contributed by atoms with van der Waals surface area (Å²) in [5.74, 6) is 0.0435. The number of aliphatic hydroxyl groups is 1. The predicted octanol–water partition coefficient (Wildman–Crippen LogP) is 0.836. The average Bonchev–Trinajstić information content (AvgIpc) is 2.37. The molecule has 0 aliphatic carbocycles. The van der Waals surface area contributed by atoms with Gasteiger partial charge < -0.3 is 5.11 Å². The van der Waals surface area contributed by atoms with E-state index in [1.54, 1.807) is 6.20 Å². The number of aliphatic hydroxyl groups excluding tert-OH is 1. The molecule has 2 N–H and O–H groups in total. The zero-order chi connectivity index (χ0) is 13.4. The third kappa shape index (κ3) is 5.12. The van der Waals surface area contributed by atoms with Crippen molar-refractivity contribution in [2.24, 2.45) is 0 Å². The van der Waals surface area contributed by atoms with Crippen LogP contribution in [-0.4, -0.2) is 30.9 Å². The van der Waals surface area contributed by atoms with E-state index in [4.69, 9.17) is 5.11 Å². The van der Waals surface area contributed by atoms with Crippen LogP contribution < -0.4 is 4.72 Å². The molecule has 0 spiro atoms. The van der Waals surface area contributed by atoms with E-state index >= 15 is 0 Å². The van der Waals surface area contributed by atoms with Gasteiger partial charge in [0.05, 0.1) is 18.0 Å². The first-order valence-electron chi connectivity index (χ1n) is 6.10. The zero-order valence-corrected chi connectivity index (χ0v) is 11.4. The second kappa shape index (κ2) is 7.45. The van der Waals surface area contributed by atoms with Gasteiger partial charge in [0.15, 0.2) is 0 Å². The minimum absolute atomic E-state index is 0.0236. The number of sulfonamides is 1. The van der Waals surface area contributed by atoms with Gasteiger partial charge in [0.25, 0.3) is 0 Å². The summed E-state index contributed by atoms with van der Waals surface area (Å²) in [7, 11) is -3.28. The molecule has 0 amide bonds. The Labute approximate surface area is 108 Å². The lowest BCUT2D eigenvalue weighted by molar-refractivity contribution is 0.287. The van der Waals surface area contributed by atoms with Crippen molar-refractivity contribution in [2.45, 2.75) is 32.7 Å². The van der Waals surface area contributed by atoms with Crippen LogP contribution in [0.25, 0.3) is 0 Å². The van der Waals surface area contributed by atoms with Crippen LogP contribution >= 0.6 is 0 Å². The van der Waals surface area contributed by atoms with Crippen LogP contribution in [0.4, 0.5) is 0 Å². The topological polar surface area (TPSA) is 79.3 Å². The van der Waals surface area contributed by atoms with E-state index < -0.39 is 10.0 Å². The molecule has 0 aromatic carbocycles. The lowest BCUT2D eigenvalue weighted by atomic mass is 10.1. The predicted molar refractivity (Wildman–Crippen MR) is 70.6 cm³/mol. The summed E-state index contributed by atoms with van der Waals surface area (Å²) < 4.78 is 25.9. The third-order valence-corrected chi connectivity index (χ3v) is 4.06. The molecule has 0 fully saturated rings. The van der Waals surface area contributed by atoms with Gasteiger partial charge in [-0.1, -0.05) is 13.0 Å². The Balaban J connectivity index is 2.53. The van der Waals surface area contributed by atoms with Crippen LogP contribution in [0.1, 0.15) is 31.0 Å². The molecule has 6 heteroatoms. The number of nitrogens with zero attached hydrogens (tertiary/aromatic N) is 1. The summed E-state index contributed by atoms with van der Waals surface area (Å²) in [5, 5.41) is 8.61. The van der Waals surface area contributed by atoms with Crippen LogP contribution in [0.5, 0.6) is 0 Å². The largest absolute Gasteiger partial charge is 0.396 e. The fourth-order valence-electron chi connectivity index (χ4n) is 1.61. The highest BCUT2D eigenvalue weighted by Crippen LogP contribution is 2.06. The minimum Gasteiger partial charge on any atom is -0.396 e. The summed E-state index contributed by atoms with van der Waals surface area (Å²) >= 11 is 0. The van der Waals surface area contributed by atoms with Crippen molar-refractivity contribution in [1.29, 1.82) is 0 Å². The quantitative estimate of drug-likeness (QED) is 0.687. The average molecular weight is 272 g/mol. The van der Waals surface area contributed by atoms with E-state index in [0.29, 0.717) is 12.8 Å². The number of aryl methyl sites for hydroxylation is 1. The van der Waals surface area contributed by atoms with Gasteiger partial charge >= 0.3 is 0 Å². The Morgan fingerprint density at radius 2 is 2.17 bits per heavy atom. The molecule has 1 aromatic rings. The van der Waals surface area contributed by atoms with Gasteiger partial charge in [-0.3, -0.25) is 4.98 Å². The van der Waals surface area contributed by atoms with Crippen LogP contribution in [0.3, 0.4) is 0 Å². The number of pyridine rings is 1. The van der Waals surface area contributed by atoms with E-state index in [9.17, 15) is 8.42 Å². The van der Waals surface area contributed by atoms with Gasteiger partial charge in [0, 0.05) is 12.8 Å². The highest BCUT2D eigenvalue weighted by atomic mass is 32.2. The van der Waals surface area contributed by atoms with Crippen molar-refractivity contribution in [2.75, 3.05) is 12.4 Å². The van der Waals surface area contributed by atoms with Crippen molar-refractivity contribution in [3.63, 3.8) is 0 Å². The standard InChI is InChI=1S/C12H20N2O3S/c1-2-11-6-5-7-13-12(11)10-14-18(16,17)9-4-3-8-15/h5-7,14-15H,2-4,8-10H2,1H3. The molecule has 0 bridgehead atoms. The van der Waals surface area contributed by atoms with Crippen molar-refractivity contribution in [3.8, 4) is 0 Å². The van der Waals surface area contributed by atoms with Crippen LogP contribution in [0.2, 0.25) is 0 Å². The molecule has 0 atom stereocenters. The molecule has 5 nitrogen and oxygen atoms in total. The lowest BCUT2D eigenvalue weighted by Crippen LogP contribution is -2.27. The van der Waals surface area contributed by atoms with E-state index in [-0.39, 0.29) is 18.9 Å². The number of hydrogen-bond acceptors (Lipinski definition) is 4. The third-order valence-electron chi connectivity index (χ3n) is 2.65. The first kappa shape index (κ1) is 15.1. The molecule has 1 rings (SSSR count). The summed E-state index contributed by atoms with van der Waals surface area (Å²) in [4.78, 5) is 4.18. The Morgan fingerprint density at radius 3 is 2.83 bits per heavy atom. The number of hydrogen-bond donors (Lipinski definition) is 2. The SMILES string of the molecule is CCc1cccnc1CNS(=O)(=O)CCCCO. The molecule has 1 heterocycles. The van der Waals surface area contributed by atoms with E-state index in [1.165, 1.54) is 0 Å². The maximum absolute atomic E-state index is 11.7. The molecule has 0 radical (unpaired) electrons. The fraction of sp³-hybridized carbons (Fsp3) is 0.583. The van der Waals surface area contributed by atoms with Gasteiger partial charge in [-0.25, -0.2) is 13.1 Å². The maximum atomic E-state index is 11.7. The molecular formula is C12H20N2O3S. The minimum atomic E-state index is -3.28. The highest BCUT2D eigenvalue weighted by molar-refractivity contribution is 7.89. The van der Waals surface area contributed by atoms with Gasteiger partial charge in [-0.2, -0.15) is 0 Å². The number of nitrogens with one attached hydrogen (secondary N) is 1. The molecule has 102 valence electrons. The van der Waals surface area contributed by atoms with Gasteiger partial charge in [-0.05, 0) is 30.9 Å². The van der Waals surface area contributed by atoms with Crippen molar-refractivity contribution in [3.05, 3.63) is 29.6 Å². The second-order valence-corrected chi connectivity index (χ2v) is 5.96. The van der Waals surface area contributed by atoms with Gasteiger partial charge in [0.1, 0.15) is 0 Å². The molecule has 18 heavy (non-hydrogen) atoms. The number of unbranched alkanes of at least 4 members (excludes halogenated alkanes) is 1. The summed E-state index contributed by atoms with van der Waals surface area (Å²) in [6.07, 6.45) is 3.46. The van der Waals surface area contributed by atoms with Gasteiger partial charge in [-0.15, -0.1) is 0 Å². The van der Waals surface area contributed by atoms with Crippen molar-refractivity contribution in [1.82, 2.24) is 9.71 Å². The normalized spacial score (nSPS) is 11.7. The Kier molecular flexibility index (Phi) is 6.24. The van der Waals surface area contributed by atoms with E-state index in [1.807, 2.05) is 19.1 Å². The number of rotatable bonds is 8. The lowest BCUT2D eigenvalue weighted by Gasteiger charge is -2.08. The van der Waals surface area contributed by atoms with E-state index in [2.05, 4.69) is 9.71 Å². The summed E-state index contributed by atoms with van der Waals surface area (Å²) in [5.41, 5.74) is 1.82. The summed E-state index contributed by atoms with van der Waals surface area (Å²) in [6.45, 7) is 2.26. The van der Waals surface area contributed by atoms with Crippen LogP contribution in [-0.2, 0) is 23.0 Å². The molecule has 1 aromatic heterocycles.